The number of carbonyl (C=O) groups is 1. The number of nitrogens with zero attached hydrogens (tertiary/aromatic N) is 1. The average Bonchev–Trinajstić information content (AvgIpc) is 2.68. The van der Waals surface area contributed by atoms with Gasteiger partial charge in [0.15, 0.2) is 0 Å². The summed E-state index contributed by atoms with van der Waals surface area (Å²) in [5.41, 5.74) is 6.46. The zero-order chi connectivity index (χ0) is 20.0. The minimum absolute atomic E-state index is 0.201. The second kappa shape index (κ2) is 7.01. The van der Waals surface area contributed by atoms with E-state index in [0.717, 1.165) is 23.3 Å². The molecule has 0 radical (unpaired) electrons. The Kier molecular flexibility index (Phi) is 4.45. The standard InChI is InChI=1S/C25H28N2O2/c1-16-3-2-4-20(7-16)24(29)27-26-15-21-11-22(5-6-23(21)28)25-12-17-8-18(13-25)10-19(9-17)14-25/h2-7,11,15,17-19,28H,8-10,12-14H2,1H3,(H,27,29)/b26-15+. The maximum absolute atomic E-state index is 12.3. The molecule has 0 heterocycles. The Morgan fingerprint density at radius 3 is 2.41 bits per heavy atom. The number of aromatic hydroxyl groups is 1. The fraction of sp³-hybridized carbons (Fsp3) is 0.440. The molecule has 1 amide bonds. The van der Waals surface area contributed by atoms with Crippen molar-refractivity contribution in [1.82, 2.24) is 5.43 Å². The SMILES string of the molecule is Cc1cccc(C(=O)N/N=C/c2cc(C34CC5CC(CC(C5)C3)C4)ccc2O)c1. The van der Waals surface area contributed by atoms with Crippen LogP contribution in [0.4, 0.5) is 0 Å². The zero-order valence-corrected chi connectivity index (χ0v) is 16.9. The largest absolute Gasteiger partial charge is 0.507 e. The molecule has 4 heteroatoms. The minimum Gasteiger partial charge on any atom is -0.507 e. The van der Waals surface area contributed by atoms with Crippen molar-refractivity contribution in [3.8, 4) is 5.75 Å². The first-order chi connectivity index (χ1) is 14.0. The van der Waals surface area contributed by atoms with Crippen molar-refractivity contribution in [2.24, 2.45) is 22.9 Å². The number of amides is 1. The monoisotopic (exact) mass is 388 g/mol. The molecule has 29 heavy (non-hydrogen) atoms. The van der Waals surface area contributed by atoms with Gasteiger partial charge in [0.05, 0.1) is 6.21 Å². The molecule has 0 unspecified atom stereocenters. The third-order valence-electron chi connectivity index (χ3n) is 7.33. The number of hydrogen-bond acceptors (Lipinski definition) is 3. The maximum atomic E-state index is 12.3. The van der Waals surface area contributed by atoms with E-state index in [1.54, 1.807) is 18.3 Å². The van der Waals surface area contributed by atoms with Crippen LogP contribution >= 0.6 is 0 Å². The molecule has 0 atom stereocenters. The van der Waals surface area contributed by atoms with E-state index in [1.807, 2.05) is 25.1 Å². The first-order valence-electron chi connectivity index (χ1n) is 10.7. The molecule has 4 aliphatic carbocycles. The molecule has 150 valence electrons. The van der Waals surface area contributed by atoms with Gasteiger partial charge >= 0.3 is 0 Å². The molecule has 2 aromatic rings. The van der Waals surface area contributed by atoms with E-state index < -0.39 is 0 Å². The van der Waals surface area contributed by atoms with E-state index >= 15 is 0 Å². The lowest BCUT2D eigenvalue weighted by Crippen LogP contribution is -2.48. The Morgan fingerprint density at radius 1 is 1.07 bits per heavy atom. The number of carbonyl (C=O) groups excluding carboxylic acids is 1. The summed E-state index contributed by atoms with van der Waals surface area (Å²) >= 11 is 0. The molecule has 6 rings (SSSR count). The fourth-order valence-corrected chi connectivity index (χ4v) is 6.46. The summed E-state index contributed by atoms with van der Waals surface area (Å²) in [5, 5.41) is 14.4. The van der Waals surface area contributed by atoms with Crippen molar-refractivity contribution < 1.29 is 9.90 Å². The third-order valence-corrected chi connectivity index (χ3v) is 7.33. The smallest absolute Gasteiger partial charge is 0.271 e. The summed E-state index contributed by atoms with van der Waals surface area (Å²) < 4.78 is 0. The number of phenolic OH excluding ortho intramolecular Hbond substituents is 1. The van der Waals surface area contributed by atoms with Gasteiger partial charge < -0.3 is 5.11 Å². The van der Waals surface area contributed by atoms with Gasteiger partial charge in [-0.05, 0) is 98.4 Å². The second-order valence-electron chi connectivity index (χ2n) is 9.54. The van der Waals surface area contributed by atoms with E-state index in [0.29, 0.717) is 11.1 Å². The number of rotatable bonds is 4. The molecule has 2 aromatic carbocycles. The van der Waals surface area contributed by atoms with E-state index in [1.165, 1.54) is 44.1 Å². The minimum atomic E-state index is -0.248. The number of hydrazone groups is 1. The number of phenols is 1. The number of benzene rings is 2. The van der Waals surface area contributed by atoms with E-state index in [-0.39, 0.29) is 17.1 Å². The van der Waals surface area contributed by atoms with Crippen molar-refractivity contribution in [3.63, 3.8) is 0 Å². The Bertz CT molecular complexity index is 943. The highest BCUT2D eigenvalue weighted by Crippen LogP contribution is 2.60. The first-order valence-corrected chi connectivity index (χ1v) is 10.7. The van der Waals surface area contributed by atoms with Crippen LogP contribution in [0.3, 0.4) is 0 Å². The molecule has 0 saturated heterocycles. The van der Waals surface area contributed by atoms with E-state index in [9.17, 15) is 9.90 Å². The Labute approximate surface area is 172 Å². The van der Waals surface area contributed by atoms with Crippen molar-refractivity contribution in [2.45, 2.75) is 50.9 Å². The first kappa shape index (κ1) is 18.4. The Balaban J connectivity index is 1.35. The molecule has 0 aliphatic heterocycles. The fourth-order valence-electron chi connectivity index (χ4n) is 6.46. The van der Waals surface area contributed by atoms with Gasteiger partial charge in [-0.1, -0.05) is 23.8 Å². The molecular formula is C25H28N2O2. The van der Waals surface area contributed by atoms with Crippen LogP contribution in [-0.2, 0) is 5.41 Å². The molecule has 0 aromatic heterocycles. The molecule has 4 nitrogen and oxygen atoms in total. The van der Waals surface area contributed by atoms with Crippen LogP contribution in [0.25, 0.3) is 0 Å². The van der Waals surface area contributed by atoms with Gasteiger partial charge in [0.25, 0.3) is 5.91 Å². The van der Waals surface area contributed by atoms with Gasteiger partial charge in [-0.3, -0.25) is 4.79 Å². The van der Waals surface area contributed by atoms with Crippen LogP contribution in [0.1, 0.15) is 65.6 Å². The lowest BCUT2D eigenvalue weighted by molar-refractivity contribution is -0.00520. The number of aryl methyl sites for hydroxylation is 1. The zero-order valence-electron chi connectivity index (χ0n) is 16.9. The van der Waals surface area contributed by atoms with Gasteiger partial charge in [0.1, 0.15) is 5.75 Å². The molecule has 2 N–H and O–H groups in total. The van der Waals surface area contributed by atoms with Crippen LogP contribution in [0.2, 0.25) is 0 Å². The predicted octanol–water partition coefficient (Wildman–Crippen LogP) is 4.93. The summed E-state index contributed by atoms with van der Waals surface area (Å²) in [6.07, 6.45) is 9.65. The Morgan fingerprint density at radius 2 is 1.76 bits per heavy atom. The number of hydrogen-bond donors (Lipinski definition) is 2. The Hall–Kier alpha value is -2.62. The second-order valence-corrected chi connectivity index (χ2v) is 9.54. The lowest BCUT2D eigenvalue weighted by Gasteiger charge is -2.57. The summed E-state index contributed by atoms with van der Waals surface area (Å²) in [6, 6.07) is 13.4. The van der Waals surface area contributed by atoms with Crippen molar-refractivity contribution in [1.29, 1.82) is 0 Å². The molecule has 0 spiro atoms. The highest BCUT2D eigenvalue weighted by atomic mass is 16.3. The normalized spacial score (nSPS) is 30.0. The van der Waals surface area contributed by atoms with Gasteiger partial charge in [0.2, 0.25) is 0 Å². The van der Waals surface area contributed by atoms with E-state index in [2.05, 4.69) is 22.7 Å². The molecule has 4 fully saturated rings. The van der Waals surface area contributed by atoms with Crippen LogP contribution in [0, 0.1) is 24.7 Å². The highest BCUT2D eigenvalue weighted by molar-refractivity contribution is 5.95. The van der Waals surface area contributed by atoms with E-state index in [4.69, 9.17) is 0 Å². The summed E-state index contributed by atoms with van der Waals surface area (Å²) in [6.45, 7) is 1.95. The van der Waals surface area contributed by atoms with Crippen LogP contribution in [-0.4, -0.2) is 17.2 Å². The van der Waals surface area contributed by atoms with Crippen LogP contribution in [0.15, 0.2) is 47.6 Å². The van der Waals surface area contributed by atoms with Gasteiger partial charge in [-0.2, -0.15) is 5.10 Å². The van der Waals surface area contributed by atoms with Crippen LogP contribution in [0.5, 0.6) is 5.75 Å². The molecule has 4 saturated carbocycles. The van der Waals surface area contributed by atoms with Gasteiger partial charge in [0, 0.05) is 11.1 Å². The van der Waals surface area contributed by atoms with Gasteiger partial charge in [-0.15, -0.1) is 0 Å². The molecule has 4 bridgehead atoms. The van der Waals surface area contributed by atoms with Gasteiger partial charge in [-0.25, -0.2) is 5.43 Å². The predicted molar refractivity (Wildman–Crippen MR) is 114 cm³/mol. The van der Waals surface area contributed by atoms with Crippen molar-refractivity contribution in [2.75, 3.05) is 0 Å². The molecule has 4 aliphatic rings. The average molecular weight is 389 g/mol. The summed E-state index contributed by atoms with van der Waals surface area (Å²) in [7, 11) is 0. The summed E-state index contributed by atoms with van der Waals surface area (Å²) in [5.74, 6) is 2.58. The van der Waals surface area contributed by atoms with Crippen molar-refractivity contribution >= 4 is 12.1 Å². The quantitative estimate of drug-likeness (QED) is 0.576. The maximum Gasteiger partial charge on any atom is 0.271 e. The highest BCUT2D eigenvalue weighted by Gasteiger charge is 2.51. The van der Waals surface area contributed by atoms with Crippen molar-refractivity contribution in [3.05, 3.63) is 64.7 Å². The number of nitrogens with one attached hydrogen (secondary N) is 1. The third kappa shape index (κ3) is 3.45. The van der Waals surface area contributed by atoms with Crippen LogP contribution < -0.4 is 5.43 Å². The topological polar surface area (TPSA) is 61.7 Å². The lowest BCUT2D eigenvalue weighted by atomic mass is 9.48. The molecular weight excluding hydrogens is 360 g/mol. The summed E-state index contributed by atoms with van der Waals surface area (Å²) in [4.78, 5) is 12.3.